The molecule has 0 aromatic heterocycles. The molecule has 13 atom stereocenters. The van der Waals surface area contributed by atoms with Gasteiger partial charge in [0, 0.05) is 19.1 Å². The average molecular weight is 582 g/mol. The van der Waals surface area contributed by atoms with Crippen LogP contribution < -0.4 is 33.6 Å². The van der Waals surface area contributed by atoms with Gasteiger partial charge in [-0.15, -0.1) is 0 Å². The van der Waals surface area contributed by atoms with Crippen molar-refractivity contribution in [3.63, 3.8) is 0 Å². The van der Waals surface area contributed by atoms with E-state index in [1.165, 1.54) is 0 Å². The summed E-state index contributed by atoms with van der Waals surface area (Å²) in [6.45, 7) is 2.55. The molecule has 2 aliphatic heterocycles. The first-order chi connectivity index (χ1) is 19.0. The Bertz CT molecular complexity index is 786. The number of urea groups is 1. The van der Waals surface area contributed by atoms with Gasteiger partial charge in [-0.05, 0) is 25.8 Å². The number of ether oxygens (including phenoxy) is 4. The summed E-state index contributed by atoms with van der Waals surface area (Å²) in [5, 5.41) is 58.0. The number of likely N-dealkylation sites (N-methyl/N-ethyl adjacent to an activating group) is 1. The van der Waals surface area contributed by atoms with Crippen molar-refractivity contribution in [2.45, 2.75) is 106 Å². The molecule has 3 aliphatic rings. The molecule has 0 bridgehead atoms. The van der Waals surface area contributed by atoms with Gasteiger partial charge in [0.25, 0.3) is 0 Å². The van der Waals surface area contributed by atoms with Gasteiger partial charge in [-0.1, -0.05) is 6.92 Å². The van der Waals surface area contributed by atoms with Crippen molar-refractivity contribution in [3.05, 3.63) is 0 Å². The number of aliphatic hydroxyl groups is 4. The Morgan fingerprint density at radius 3 is 2.35 bits per heavy atom. The van der Waals surface area contributed by atoms with Gasteiger partial charge in [0.05, 0.1) is 37.4 Å². The summed E-state index contributed by atoms with van der Waals surface area (Å²) in [5.74, 6) is 0. The summed E-state index contributed by atoms with van der Waals surface area (Å²) >= 11 is 0. The summed E-state index contributed by atoms with van der Waals surface area (Å²) in [7, 11) is 0. The number of carbonyl (C=O) groups is 1. The second-order valence-electron chi connectivity index (χ2n) is 10.5. The van der Waals surface area contributed by atoms with E-state index in [2.05, 4.69) is 10.6 Å². The number of nitrogens with zero attached hydrogens (tertiary/aromatic N) is 1. The maximum atomic E-state index is 12.6. The van der Waals surface area contributed by atoms with Crippen LogP contribution in [-0.4, -0.2) is 149 Å². The Morgan fingerprint density at radius 2 is 1.70 bits per heavy atom. The second-order valence-corrected chi connectivity index (χ2v) is 10.5. The van der Waals surface area contributed by atoms with Crippen LogP contribution in [0.15, 0.2) is 0 Å². The number of amides is 2. The topological polar surface area (TPSA) is 287 Å². The normalized spacial score (nSPS) is 42.4. The van der Waals surface area contributed by atoms with E-state index in [9.17, 15) is 30.4 Å². The lowest BCUT2D eigenvalue weighted by Gasteiger charge is -2.48. The molecule has 1 aliphatic carbocycles. The van der Waals surface area contributed by atoms with Crippen molar-refractivity contribution >= 4 is 6.03 Å². The van der Waals surface area contributed by atoms with Crippen LogP contribution in [0.25, 0.3) is 0 Å². The molecule has 2 saturated heterocycles. The third-order valence-corrected chi connectivity index (χ3v) is 7.54. The molecule has 2 heterocycles. The fourth-order valence-corrected chi connectivity index (χ4v) is 5.19. The van der Waals surface area contributed by atoms with E-state index in [4.69, 9.17) is 41.9 Å². The standard InChI is InChI=1S/C23H47N7O10/c1-2-28-8-10-3-4-11(25)21(37-10)39-19-12(26)7-13(29-23(35)30(36)6-5-24)20(18(19)34)40-22-17(33)15(27)16(32)14(9-31)38-22/h10-22,28,31-34,36H,2-9,24-27H2,1H3,(H,29,35)/t10-,11+,12-,13+,14+,15-,16+,17+,18-,19?,20-,21+,22+/m0/s1. The monoisotopic (exact) mass is 581 g/mol. The van der Waals surface area contributed by atoms with Crippen molar-refractivity contribution in [2.24, 2.45) is 22.9 Å². The number of rotatable bonds is 11. The van der Waals surface area contributed by atoms with Crippen LogP contribution in [0.3, 0.4) is 0 Å². The van der Waals surface area contributed by atoms with Gasteiger partial charge in [-0.3, -0.25) is 5.21 Å². The van der Waals surface area contributed by atoms with Crippen LogP contribution in [0, 0.1) is 0 Å². The van der Waals surface area contributed by atoms with Gasteiger partial charge in [-0.25, -0.2) is 9.86 Å². The van der Waals surface area contributed by atoms with Gasteiger partial charge in [0.15, 0.2) is 12.6 Å². The first kappa shape index (κ1) is 33.2. The van der Waals surface area contributed by atoms with Crippen LogP contribution in [0.1, 0.15) is 26.2 Å². The zero-order valence-electron chi connectivity index (χ0n) is 22.7. The van der Waals surface area contributed by atoms with Gasteiger partial charge >= 0.3 is 6.03 Å². The van der Waals surface area contributed by atoms with Crippen molar-refractivity contribution < 1.29 is 49.4 Å². The SMILES string of the molecule is CCNC[C@@H]1CC[C@@H](N)[C@@H](OC2[C@@H](N)C[C@@H](NC(=O)N(O)CCN)[C@H](O[C@H]3O[C@H](CO)[C@@H](O)[C@H](N)[C@H]3O)[C@H]2O)O1. The van der Waals surface area contributed by atoms with Crippen LogP contribution in [0.4, 0.5) is 4.79 Å². The highest BCUT2D eigenvalue weighted by atomic mass is 16.7. The maximum absolute atomic E-state index is 12.6. The molecule has 234 valence electrons. The van der Waals surface area contributed by atoms with Gasteiger partial charge < -0.3 is 72.9 Å². The highest BCUT2D eigenvalue weighted by molar-refractivity contribution is 5.73. The van der Waals surface area contributed by atoms with Crippen molar-refractivity contribution in [1.82, 2.24) is 15.7 Å². The summed E-state index contributed by atoms with van der Waals surface area (Å²) in [5.41, 5.74) is 24.0. The largest absolute Gasteiger partial charge is 0.394 e. The highest BCUT2D eigenvalue weighted by Gasteiger charge is 2.51. The van der Waals surface area contributed by atoms with E-state index in [0.29, 0.717) is 18.0 Å². The van der Waals surface area contributed by atoms with Crippen LogP contribution in [0.2, 0.25) is 0 Å². The maximum Gasteiger partial charge on any atom is 0.341 e. The van der Waals surface area contributed by atoms with E-state index in [0.717, 1.165) is 13.0 Å². The first-order valence-corrected chi connectivity index (χ1v) is 13.7. The first-order valence-electron chi connectivity index (χ1n) is 13.7. The smallest absolute Gasteiger partial charge is 0.341 e. The molecule has 17 heteroatoms. The molecular weight excluding hydrogens is 534 g/mol. The lowest BCUT2D eigenvalue weighted by atomic mass is 9.83. The third-order valence-electron chi connectivity index (χ3n) is 7.54. The molecule has 0 aromatic carbocycles. The predicted octanol–water partition coefficient (Wildman–Crippen LogP) is -5.22. The van der Waals surface area contributed by atoms with Crippen molar-refractivity contribution in [3.8, 4) is 0 Å². The van der Waals surface area contributed by atoms with Crippen LogP contribution in [-0.2, 0) is 18.9 Å². The van der Waals surface area contributed by atoms with E-state index in [1.54, 1.807) is 0 Å². The lowest BCUT2D eigenvalue weighted by molar-refractivity contribution is -0.314. The fraction of sp³-hybridized carbons (Fsp3) is 0.957. The summed E-state index contributed by atoms with van der Waals surface area (Å²) in [6.07, 6.45) is -9.18. The zero-order valence-corrected chi connectivity index (χ0v) is 22.7. The second kappa shape index (κ2) is 15.3. The number of hydroxylamine groups is 2. The Hall–Kier alpha value is -1.29. The summed E-state index contributed by atoms with van der Waals surface area (Å²) < 4.78 is 23.6. The molecule has 2 amide bonds. The molecule has 3 fully saturated rings. The van der Waals surface area contributed by atoms with Crippen LogP contribution in [0.5, 0.6) is 0 Å². The average Bonchev–Trinajstić information content (AvgIpc) is 2.93. The van der Waals surface area contributed by atoms with Crippen LogP contribution >= 0.6 is 0 Å². The van der Waals surface area contributed by atoms with Crippen molar-refractivity contribution in [1.29, 1.82) is 0 Å². The molecule has 0 spiro atoms. The Balaban J connectivity index is 1.80. The fourth-order valence-electron chi connectivity index (χ4n) is 5.19. The Labute approximate surface area is 233 Å². The van der Waals surface area contributed by atoms with Gasteiger partial charge in [-0.2, -0.15) is 0 Å². The molecular formula is C23H47N7O10. The number of hydrogen-bond donors (Lipinski definition) is 11. The molecule has 3 rings (SSSR count). The minimum Gasteiger partial charge on any atom is -0.394 e. The lowest BCUT2D eigenvalue weighted by Crippen LogP contribution is -2.69. The van der Waals surface area contributed by atoms with Gasteiger partial charge in [0.2, 0.25) is 0 Å². The number of nitrogens with two attached hydrogens (primary N) is 4. The molecule has 17 nitrogen and oxygen atoms in total. The van der Waals surface area contributed by atoms with Crippen molar-refractivity contribution in [2.75, 3.05) is 32.8 Å². The number of carbonyl (C=O) groups excluding carboxylic acids is 1. The molecule has 0 aromatic rings. The van der Waals surface area contributed by atoms with E-state index in [1.807, 2.05) is 6.92 Å². The molecule has 40 heavy (non-hydrogen) atoms. The molecule has 0 radical (unpaired) electrons. The molecule has 1 saturated carbocycles. The minimum absolute atomic E-state index is 0.00610. The van der Waals surface area contributed by atoms with E-state index < -0.39 is 86.0 Å². The Kier molecular flexibility index (Phi) is 12.7. The van der Waals surface area contributed by atoms with E-state index >= 15 is 0 Å². The zero-order chi connectivity index (χ0) is 29.6. The Morgan fingerprint density at radius 1 is 1.00 bits per heavy atom. The van der Waals surface area contributed by atoms with E-state index in [-0.39, 0.29) is 25.6 Å². The predicted molar refractivity (Wildman–Crippen MR) is 138 cm³/mol. The highest BCUT2D eigenvalue weighted by Crippen LogP contribution is 2.31. The summed E-state index contributed by atoms with van der Waals surface area (Å²) in [4.78, 5) is 12.6. The molecule has 1 unspecified atom stereocenters. The minimum atomic E-state index is -1.55. The third kappa shape index (κ3) is 7.96. The number of hydrogen-bond acceptors (Lipinski definition) is 15. The number of aliphatic hydroxyl groups excluding tert-OH is 4. The quantitative estimate of drug-likeness (QED) is 0.0803. The number of nitrogens with one attached hydrogen (secondary N) is 2. The summed E-state index contributed by atoms with van der Waals surface area (Å²) in [6, 6.07) is -4.48. The van der Waals surface area contributed by atoms with Gasteiger partial charge in [0.1, 0.15) is 36.6 Å². The molecule has 15 N–H and O–H groups in total.